The first-order valence-electron chi connectivity index (χ1n) is 9.36. The largest absolute Gasteiger partial charge is 0.493 e. The maximum atomic E-state index is 12.5. The maximum Gasteiger partial charge on any atom is 0.234 e. The molecule has 0 radical (unpaired) electrons. The summed E-state index contributed by atoms with van der Waals surface area (Å²) in [7, 11) is 3.32. The highest BCUT2D eigenvalue weighted by molar-refractivity contribution is 5.78. The highest BCUT2D eigenvalue weighted by Gasteiger charge is 2.25. The molecule has 0 unspecified atom stereocenters. The molecule has 3 rings (SSSR count). The molecule has 1 N–H and O–H groups in total. The number of hydrogen-bond donors (Lipinski definition) is 1. The topological polar surface area (TPSA) is 50.8 Å². The maximum absolute atomic E-state index is 12.5. The number of rotatable bonds is 5. The van der Waals surface area contributed by atoms with Crippen molar-refractivity contribution in [3.05, 3.63) is 23.3 Å². The van der Waals surface area contributed by atoms with Gasteiger partial charge in [-0.05, 0) is 48.4 Å². The minimum atomic E-state index is 0.155. The SMILES string of the molecule is COc1cc2c(cc1OC)CN(CC(=O)N[C@@H]1CCCC[C@H]1C)CC2. The van der Waals surface area contributed by atoms with Crippen LogP contribution in [0.15, 0.2) is 12.1 Å². The summed E-state index contributed by atoms with van der Waals surface area (Å²) in [6.45, 7) is 4.40. The molecule has 2 atom stereocenters. The summed E-state index contributed by atoms with van der Waals surface area (Å²) < 4.78 is 10.8. The number of nitrogens with zero attached hydrogens (tertiary/aromatic N) is 1. The number of amides is 1. The van der Waals surface area contributed by atoms with E-state index in [0.29, 0.717) is 18.5 Å². The van der Waals surface area contributed by atoms with Gasteiger partial charge in [0, 0.05) is 19.1 Å². The van der Waals surface area contributed by atoms with Crippen LogP contribution < -0.4 is 14.8 Å². The molecule has 25 heavy (non-hydrogen) atoms. The Hall–Kier alpha value is -1.75. The first-order valence-corrected chi connectivity index (χ1v) is 9.36. The smallest absolute Gasteiger partial charge is 0.234 e. The van der Waals surface area contributed by atoms with Gasteiger partial charge in [0.2, 0.25) is 5.91 Å². The second kappa shape index (κ2) is 8.09. The Balaban J connectivity index is 1.59. The van der Waals surface area contributed by atoms with Crippen molar-refractivity contribution in [2.75, 3.05) is 27.3 Å². The third-order valence-corrected chi connectivity index (χ3v) is 5.62. The molecule has 1 heterocycles. The van der Waals surface area contributed by atoms with Gasteiger partial charge in [-0.25, -0.2) is 0 Å². The van der Waals surface area contributed by atoms with Crippen molar-refractivity contribution in [2.45, 2.75) is 51.6 Å². The molecule has 5 nitrogen and oxygen atoms in total. The van der Waals surface area contributed by atoms with Gasteiger partial charge in [-0.3, -0.25) is 9.69 Å². The number of nitrogens with one attached hydrogen (secondary N) is 1. The second-order valence-electron chi connectivity index (χ2n) is 7.37. The summed E-state index contributed by atoms with van der Waals surface area (Å²) in [5, 5.41) is 3.26. The van der Waals surface area contributed by atoms with Crippen LogP contribution in [0.25, 0.3) is 0 Å². The predicted molar refractivity (Wildman–Crippen MR) is 98.1 cm³/mol. The van der Waals surface area contributed by atoms with Crippen LogP contribution in [0.1, 0.15) is 43.7 Å². The van der Waals surface area contributed by atoms with Crippen LogP contribution in [0.3, 0.4) is 0 Å². The van der Waals surface area contributed by atoms with Gasteiger partial charge in [-0.2, -0.15) is 0 Å². The summed E-state index contributed by atoms with van der Waals surface area (Å²) >= 11 is 0. The van der Waals surface area contributed by atoms with Crippen LogP contribution in [0, 0.1) is 5.92 Å². The molecule has 0 spiro atoms. The van der Waals surface area contributed by atoms with E-state index < -0.39 is 0 Å². The van der Waals surface area contributed by atoms with Crippen LogP contribution >= 0.6 is 0 Å². The van der Waals surface area contributed by atoms with E-state index in [1.807, 2.05) is 6.07 Å². The van der Waals surface area contributed by atoms with Crippen molar-refractivity contribution >= 4 is 5.91 Å². The Bertz CT molecular complexity index is 617. The fraction of sp³-hybridized carbons (Fsp3) is 0.650. The van der Waals surface area contributed by atoms with Crippen LogP contribution in [0.5, 0.6) is 11.5 Å². The van der Waals surface area contributed by atoms with Gasteiger partial charge in [0.25, 0.3) is 0 Å². The van der Waals surface area contributed by atoms with Crippen LogP contribution in [0.4, 0.5) is 0 Å². The molecule has 1 amide bonds. The van der Waals surface area contributed by atoms with Gasteiger partial charge in [-0.15, -0.1) is 0 Å². The Morgan fingerprint density at radius 3 is 2.52 bits per heavy atom. The normalized spacial score (nSPS) is 23.6. The van der Waals surface area contributed by atoms with Crippen molar-refractivity contribution in [1.82, 2.24) is 10.2 Å². The molecule has 1 aromatic rings. The predicted octanol–water partition coefficient (Wildman–Crippen LogP) is 2.76. The molecular formula is C20H30N2O3. The zero-order valence-corrected chi connectivity index (χ0v) is 15.6. The standard InChI is InChI=1S/C20H30N2O3/c1-14-6-4-5-7-17(14)21-20(23)13-22-9-8-15-10-18(24-2)19(25-3)11-16(15)12-22/h10-11,14,17H,4-9,12-13H2,1-3H3,(H,21,23)/t14-,17-/m1/s1. The van der Waals surface area contributed by atoms with Crippen molar-refractivity contribution in [3.8, 4) is 11.5 Å². The monoisotopic (exact) mass is 346 g/mol. The highest BCUT2D eigenvalue weighted by Crippen LogP contribution is 2.33. The molecular weight excluding hydrogens is 316 g/mol. The third-order valence-electron chi connectivity index (χ3n) is 5.62. The van der Waals surface area contributed by atoms with E-state index in [1.54, 1.807) is 14.2 Å². The van der Waals surface area contributed by atoms with E-state index in [9.17, 15) is 4.79 Å². The van der Waals surface area contributed by atoms with Crippen LogP contribution in [-0.4, -0.2) is 44.2 Å². The lowest BCUT2D eigenvalue weighted by Crippen LogP contribution is -2.46. The van der Waals surface area contributed by atoms with E-state index in [0.717, 1.165) is 37.4 Å². The Labute approximate surface area is 150 Å². The first kappa shape index (κ1) is 18.1. The molecule has 1 saturated carbocycles. The van der Waals surface area contributed by atoms with Gasteiger partial charge >= 0.3 is 0 Å². The molecule has 1 fully saturated rings. The summed E-state index contributed by atoms with van der Waals surface area (Å²) in [5.41, 5.74) is 2.51. The zero-order valence-electron chi connectivity index (χ0n) is 15.6. The Morgan fingerprint density at radius 2 is 1.84 bits per heavy atom. The van der Waals surface area contributed by atoms with Gasteiger partial charge in [0.1, 0.15) is 0 Å². The number of benzene rings is 1. The first-order chi connectivity index (χ1) is 12.1. The molecule has 0 aromatic heterocycles. The number of ether oxygens (including phenoxy) is 2. The summed E-state index contributed by atoms with van der Waals surface area (Å²) in [4.78, 5) is 14.7. The summed E-state index contributed by atoms with van der Waals surface area (Å²) in [6.07, 6.45) is 5.80. The van der Waals surface area contributed by atoms with E-state index in [2.05, 4.69) is 23.2 Å². The Morgan fingerprint density at radius 1 is 1.16 bits per heavy atom. The molecule has 0 saturated heterocycles. The van der Waals surface area contributed by atoms with Crippen molar-refractivity contribution in [3.63, 3.8) is 0 Å². The highest BCUT2D eigenvalue weighted by atomic mass is 16.5. The molecule has 1 aromatic carbocycles. The van der Waals surface area contributed by atoms with Crippen molar-refractivity contribution < 1.29 is 14.3 Å². The molecule has 0 bridgehead atoms. The quantitative estimate of drug-likeness (QED) is 0.891. The number of hydrogen-bond acceptors (Lipinski definition) is 4. The molecule has 2 aliphatic rings. The summed E-state index contributed by atoms with van der Waals surface area (Å²) in [5.74, 6) is 2.28. The van der Waals surface area contributed by atoms with Gasteiger partial charge in [-0.1, -0.05) is 19.8 Å². The Kier molecular flexibility index (Phi) is 5.84. The van der Waals surface area contributed by atoms with Crippen molar-refractivity contribution in [1.29, 1.82) is 0 Å². The summed E-state index contributed by atoms with van der Waals surface area (Å²) in [6, 6.07) is 4.46. The lowest BCUT2D eigenvalue weighted by atomic mass is 9.86. The average molecular weight is 346 g/mol. The number of carbonyl (C=O) groups is 1. The minimum absolute atomic E-state index is 0.155. The molecule has 1 aliphatic carbocycles. The fourth-order valence-electron chi connectivity index (χ4n) is 4.06. The lowest BCUT2D eigenvalue weighted by molar-refractivity contribution is -0.123. The van der Waals surface area contributed by atoms with E-state index in [4.69, 9.17) is 9.47 Å². The van der Waals surface area contributed by atoms with Crippen LogP contribution in [0.2, 0.25) is 0 Å². The van der Waals surface area contributed by atoms with Gasteiger partial charge < -0.3 is 14.8 Å². The number of carbonyl (C=O) groups excluding carboxylic acids is 1. The van der Waals surface area contributed by atoms with Gasteiger partial charge in [0.15, 0.2) is 11.5 Å². The lowest BCUT2D eigenvalue weighted by Gasteiger charge is -2.32. The number of fused-ring (bicyclic) bond motifs is 1. The molecule has 138 valence electrons. The van der Waals surface area contributed by atoms with Gasteiger partial charge in [0.05, 0.1) is 20.8 Å². The molecule has 1 aliphatic heterocycles. The van der Waals surface area contributed by atoms with E-state index >= 15 is 0 Å². The number of methoxy groups -OCH3 is 2. The fourth-order valence-corrected chi connectivity index (χ4v) is 4.06. The molecule has 5 heteroatoms. The van der Waals surface area contributed by atoms with Crippen LogP contribution in [-0.2, 0) is 17.8 Å². The second-order valence-corrected chi connectivity index (χ2v) is 7.37. The minimum Gasteiger partial charge on any atom is -0.493 e. The van der Waals surface area contributed by atoms with E-state index in [-0.39, 0.29) is 5.91 Å². The third kappa shape index (κ3) is 4.27. The van der Waals surface area contributed by atoms with Crippen molar-refractivity contribution in [2.24, 2.45) is 5.92 Å². The van der Waals surface area contributed by atoms with E-state index in [1.165, 1.54) is 30.4 Å². The average Bonchev–Trinajstić information content (AvgIpc) is 2.62. The zero-order chi connectivity index (χ0) is 17.8.